The zero-order valence-electron chi connectivity index (χ0n) is 7.29. The fourth-order valence-corrected chi connectivity index (χ4v) is 2.26. The van der Waals surface area contributed by atoms with Gasteiger partial charge in [-0.2, -0.15) is 0 Å². The number of nitrogens with zero attached hydrogens (tertiary/aromatic N) is 1. The van der Waals surface area contributed by atoms with Crippen LogP contribution in [-0.2, 0) is 9.53 Å². The van der Waals surface area contributed by atoms with E-state index < -0.39 is 0 Å². The predicted octanol–water partition coefficient (Wildman–Crippen LogP) is 0.298. The van der Waals surface area contributed by atoms with Crippen LogP contribution in [0.15, 0.2) is 0 Å². The number of carbonyl (C=O) groups is 1. The maximum Gasteiger partial charge on any atom is 0.133 e. The van der Waals surface area contributed by atoms with E-state index in [9.17, 15) is 4.79 Å². The first-order valence-electron chi connectivity index (χ1n) is 4.58. The number of hydrogen-bond donors (Lipinski definition) is 0. The first-order chi connectivity index (χ1) is 5.85. The van der Waals surface area contributed by atoms with Crippen LogP contribution >= 0.6 is 0 Å². The van der Waals surface area contributed by atoms with E-state index >= 15 is 0 Å². The molecule has 3 nitrogen and oxygen atoms in total. The Morgan fingerprint density at radius 3 is 2.58 bits per heavy atom. The molecule has 2 aliphatic heterocycles. The van der Waals surface area contributed by atoms with Gasteiger partial charge in [0.2, 0.25) is 0 Å². The van der Waals surface area contributed by atoms with Crippen LogP contribution in [-0.4, -0.2) is 44.0 Å². The van der Waals surface area contributed by atoms with E-state index in [1.54, 1.807) is 0 Å². The Kier molecular flexibility index (Phi) is 2.15. The van der Waals surface area contributed by atoms with Crippen molar-refractivity contribution in [2.24, 2.45) is 5.41 Å². The Balaban J connectivity index is 1.80. The normalized spacial score (nSPS) is 28.3. The highest BCUT2D eigenvalue weighted by atomic mass is 16.5. The fourth-order valence-electron chi connectivity index (χ4n) is 2.26. The van der Waals surface area contributed by atoms with Crippen molar-refractivity contribution in [3.8, 4) is 0 Å². The molecular weight excluding hydrogens is 154 g/mol. The lowest BCUT2D eigenvalue weighted by Crippen LogP contribution is -2.58. The molecule has 2 fully saturated rings. The largest absolute Gasteiger partial charge is 0.381 e. The molecule has 68 valence electrons. The molecule has 12 heavy (non-hydrogen) atoms. The van der Waals surface area contributed by atoms with Crippen LogP contribution in [0.3, 0.4) is 0 Å². The summed E-state index contributed by atoms with van der Waals surface area (Å²) in [6.07, 6.45) is 3.36. The van der Waals surface area contributed by atoms with Crippen LogP contribution < -0.4 is 0 Å². The van der Waals surface area contributed by atoms with Gasteiger partial charge in [-0.3, -0.25) is 4.90 Å². The highest BCUT2D eigenvalue weighted by Gasteiger charge is 2.43. The predicted molar refractivity (Wildman–Crippen MR) is 45.0 cm³/mol. The van der Waals surface area contributed by atoms with Crippen molar-refractivity contribution in [1.29, 1.82) is 0 Å². The van der Waals surface area contributed by atoms with Crippen molar-refractivity contribution in [3.05, 3.63) is 0 Å². The van der Waals surface area contributed by atoms with Crippen LogP contribution in [0, 0.1) is 5.41 Å². The molecule has 0 N–H and O–H groups in total. The molecule has 1 spiro atoms. The van der Waals surface area contributed by atoms with E-state index in [1.165, 1.54) is 12.8 Å². The third-order valence-corrected chi connectivity index (χ3v) is 3.00. The quantitative estimate of drug-likeness (QED) is 0.557. The van der Waals surface area contributed by atoms with Crippen LogP contribution in [0.4, 0.5) is 0 Å². The number of aldehydes is 1. The van der Waals surface area contributed by atoms with E-state index in [0.29, 0.717) is 12.0 Å². The zero-order chi connectivity index (χ0) is 8.44. The summed E-state index contributed by atoms with van der Waals surface area (Å²) < 4.78 is 5.31. The van der Waals surface area contributed by atoms with Gasteiger partial charge in [0.25, 0.3) is 0 Å². The van der Waals surface area contributed by atoms with Crippen molar-refractivity contribution < 1.29 is 9.53 Å². The standard InChI is InChI=1S/C9H15NO2/c11-4-3-10-7-9(8-10)1-5-12-6-2-9/h4H,1-3,5-8H2. The SMILES string of the molecule is O=CCN1CC2(CCOCC2)C1. The van der Waals surface area contributed by atoms with Crippen molar-refractivity contribution in [2.75, 3.05) is 32.8 Å². The molecule has 0 aromatic heterocycles. The van der Waals surface area contributed by atoms with E-state index in [0.717, 1.165) is 32.6 Å². The van der Waals surface area contributed by atoms with Gasteiger partial charge in [-0.15, -0.1) is 0 Å². The average molecular weight is 169 g/mol. The molecule has 2 rings (SSSR count). The lowest BCUT2D eigenvalue weighted by Gasteiger charge is -2.51. The van der Waals surface area contributed by atoms with Gasteiger partial charge < -0.3 is 9.53 Å². The topological polar surface area (TPSA) is 29.5 Å². The summed E-state index contributed by atoms with van der Waals surface area (Å²) in [5, 5.41) is 0. The first kappa shape index (κ1) is 8.20. The van der Waals surface area contributed by atoms with Gasteiger partial charge in [0, 0.05) is 31.7 Å². The van der Waals surface area contributed by atoms with E-state index in [1.807, 2.05) is 0 Å². The van der Waals surface area contributed by atoms with Gasteiger partial charge in [-0.1, -0.05) is 0 Å². The van der Waals surface area contributed by atoms with Crippen LogP contribution in [0.5, 0.6) is 0 Å². The minimum atomic E-state index is 0.515. The Hall–Kier alpha value is -0.410. The Bertz CT molecular complexity index is 167. The molecule has 2 saturated heterocycles. The summed E-state index contributed by atoms with van der Waals surface area (Å²) >= 11 is 0. The van der Waals surface area contributed by atoms with Gasteiger partial charge in [0.15, 0.2) is 0 Å². The highest BCUT2D eigenvalue weighted by Crippen LogP contribution is 2.39. The third-order valence-electron chi connectivity index (χ3n) is 3.00. The molecule has 0 unspecified atom stereocenters. The maximum absolute atomic E-state index is 10.2. The summed E-state index contributed by atoms with van der Waals surface area (Å²) in [4.78, 5) is 12.4. The lowest BCUT2D eigenvalue weighted by molar-refractivity contribution is -0.116. The van der Waals surface area contributed by atoms with E-state index in [2.05, 4.69) is 4.90 Å². The molecular formula is C9H15NO2. The van der Waals surface area contributed by atoms with Gasteiger partial charge in [-0.05, 0) is 12.8 Å². The first-order valence-corrected chi connectivity index (χ1v) is 4.58. The van der Waals surface area contributed by atoms with Gasteiger partial charge in [0.05, 0.1) is 6.54 Å². The van der Waals surface area contributed by atoms with Crippen molar-refractivity contribution in [3.63, 3.8) is 0 Å². The van der Waals surface area contributed by atoms with Crippen molar-refractivity contribution in [1.82, 2.24) is 4.90 Å². The fraction of sp³-hybridized carbons (Fsp3) is 0.889. The van der Waals surface area contributed by atoms with E-state index in [-0.39, 0.29) is 0 Å². The van der Waals surface area contributed by atoms with Gasteiger partial charge >= 0.3 is 0 Å². The van der Waals surface area contributed by atoms with Crippen LogP contribution in [0.1, 0.15) is 12.8 Å². The van der Waals surface area contributed by atoms with Crippen molar-refractivity contribution in [2.45, 2.75) is 12.8 Å². The zero-order valence-corrected chi connectivity index (χ0v) is 7.29. The molecule has 0 amide bonds. The summed E-state index contributed by atoms with van der Waals surface area (Å²) in [7, 11) is 0. The Morgan fingerprint density at radius 1 is 1.33 bits per heavy atom. The molecule has 0 radical (unpaired) electrons. The van der Waals surface area contributed by atoms with Gasteiger partial charge in [0.1, 0.15) is 6.29 Å². The second-order valence-corrected chi connectivity index (χ2v) is 3.95. The molecule has 0 aromatic rings. The monoisotopic (exact) mass is 169 g/mol. The van der Waals surface area contributed by atoms with E-state index in [4.69, 9.17) is 4.74 Å². The maximum atomic E-state index is 10.2. The number of carbonyl (C=O) groups excluding carboxylic acids is 1. The number of rotatable bonds is 2. The third kappa shape index (κ3) is 1.39. The summed E-state index contributed by atoms with van der Waals surface area (Å²) in [6, 6.07) is 0. The van der Waals surface area contributed by atoms with Crippen molar-refractivity contribution >= 4 is 6.29 Å². The lowest BCUT2D eigenvalue weighted by atomic mass is 9.73. The minimum absolute atomic E-state index is 0.515. The molecule has 0 aromatic carbocycles. The molecule has 0 atom stereocenters. The van der Waals surface area contributed by atoms with Crippen LogP contribution in [0.25, 0.3) is 0 Å². The molecule has 2 aliphatic rings. The molecule has 0 aliphatic carbocycles. The molecule has 0 bridgehead atoms. The Morgan fingerprint density at radius 2 is 2.00 bits per heavy atom. The molecule has 3 heteroatoms. The van der Waals surface area contributed by atoms with Crippen LogP contribution in [0.2, 0.25) is 0 Å². The summed E-state index contributed by atoms with van der Waals surface area (Å²) in [6.45, 7) is 4.65. The molecule has 0 saturated carbocycles. The second-order valence-electron chi connectivity index (χ2n) is 3.95. The minimum Gasteiger partial charge on any atom is -0.381 e. The average Bonchev–Trinajstić information content (AvgIpc) is 2.04. The van der Waals surface area contributed by atoms with Gasteiger partial charge in [-0.25, -0.2) is 0 Å². The number of hydrogen-bond acceptors (Lipinski definition) is 3. The highest BCUT2D eigenvalue weighted by molar-refractivity contribution is 5.52. The second kappa shape index (κ2) is 3.15. The Labute approximate surface area is 72.7 Å². The summed E-state index contributed by atoms with van der Waals surface area (Å²) in [5.74, 6) is 0. The molecule has 2 heterocycles. The number of ether oxygens (including phenoxy) is 1. The number of likely N-dealkylation sites (tertiary alicyclic amines) is 1. The summed E-state index contributed by atoms with van der Waals surface area (Å²) in [5.41, 5.74) is 0.515. The smallest absolute Gasteiger partial charge is 0.133 e.